The summed E-state index contributed by atoms with van der Waals surface area (Å²) in [7, 11) is 0. The molecule has 1 fully saturated rings. The van der Waals surface area contributed by atoms with E-state index in [1.807, 2.05) is 38.2 Å². The van der Waals surface area contributed by atoms with E-state index in [1.54, 1.807) is 0 Å². The molecule has 0 aliphatic carbocycles. The van der Waals surface area contributed by atoms with Gasteiger partial charge in [-0.3, -0.25) is 0 Å². The van der Waals surface area contributed by atoms with E-state index in [9.17, 15) is 4.79 Å². The van der Waals surface area contributed by atoms with Gasteiger partial charge in [0.15, 0.2) is 0 Å². The van der Waals surface area contributed by atoms with Gasteiger partial charge in [-0.2, -0.15) is 0 Å². The summed E-state index contributed by atoms with van der Waals surface area (Å²) in [4.78, 5) is 18.1. The van der Waals surface area contributed by atoms with Crippen LogP contribution in [0.3, 0.4) is 0 Å². The number of likely N-dealkylation sites (tertiary alicyclic amines) is 1. The molecule has 6 nitrogen and oxygen atoms in total. The molecule has 0 radical (unpaired) electrons. The third-order valence-electron chi connectivity index (χ3n) is 3.78. The second kappa shape index (κ2) is 7.13. The van der Waals surface area contributed by atoms with Gasteiger partial charge in [0.2, 0.25) is 0 Å². The lowest BCUT2D eigenvalue weighted by Gasteiger charge is -2.34. The van der Waals surface area contributed by atoms with Crippen LogP contribution in [0.25, 0.3) is 0 Å². The third-order valence-corrected chi connectivity index (χ3v) is 3.78. The molecule has 0 saturated carbocycles. The maximum absolute atomic E-state index is 12.2. The Bertz CT molecular complexity index is 493. The molecule has 0 spiro atoms. The molecule has 2 heterocycles. The zero-order valence-corrected chi connectivity index (χ0v) is 14.1. The molecule has 1 aromatic rings. The second-order valence-corrected chi connectivity index (χ2v) is 6.82. The standard InChI is InChI=1S/C16H28N4O2/c1-5-19-12-17-9-14(19)10-18-13-7-6-8-20(11-13)15(21)22-16(2,3)4/h9,12-13,18H,5-8,10-11H2,1-4H3. The largest absolute Gasteiger partial charge is 0.444 e. The van der Waals surface area contributed by atoms with Crippen LogP contribution in [0.4, 0.5) is 4.79 Å². The van der Waals surface area contributed by atoms with E-state index in [2.05, 4.69) is 21.8 Å². The van der Waals surface area contributed by atoms with E-state index in [0.29, 0.717) is 12.6 Å². The van der Waals surface area contributed by atoms with Crippen molar-refractivity contribution in [1.29, 1.82) is 0 Å². The maximum Gasteiger partial charge on any atom is 0.410 e. The molecule has 0 bridgehead atoms. The number of amides is 1. The van der Waals surface area contributed by atoms with Crippen LogP contribution >= 0.6 is 0 Å². The highest BCUT2D eigenvalue weighted by molar-refractivity contribution is 5.68. The summed E-state index contributed by atoms with van der Waals surface area (Å²) in [5, 5.41) is 3.54. The van der Waals surface area contributed by atoms with Crippen LogP contribution in [-0.4, -0.2) is 45.3 Å². The van der Waals surface area contributed by atoms with Crippen molar-refractivity contribution in [2.24, 2.45) is 0 Å². The molecule has 1 aromatic heterocycles. The molecule has 6 heteroatoms. The van der Waals surface area contributed by atoms with Crippen LogP contribution in [0, 0.1) is 0 Å². The van der Waals surface area contributed by atoms with Crippen LogP contribution in [-0.2, 0) is 17.8 Å². The highest BCUT2D eigenvalue weighted by Crippen LogP contribution is 2.15. The molecular formula is C16H28N4O2. The Kier molecular flexibility index (Phi) is 5.45. The predicted octanol–water partition coefficient (Wildman–Crippen LogP) is 2.39. The molecule has 2 rings (SSSR count). The van der Waals surface area contributed by atoms with Crippen LogP contribution in [0.2, 0.25) is 0 Å². The monoisotopic (exact) mass is 308 g/mol. The molecule has 1 atom stereocenters. The molecule has 22 heavy (non-hydrogen) atoms. The van der Waals surface area contributed by atoms with E-state index in [0.717, 1.165) is 32.5 Å². The maximum atomic E-state index is 12.2. The minimum absolute atomic E-state index is 0.211. The fraction of sp³-hybridized carbons (Fsp3) is 0.750. The molecular weight excluding hydrogens is 280 g/mol. The van der Waals surface area contributed by atoms with Crippen molar-refractivity contribution < 1.29 is 9.53 Å². The fourth-order valence-electron chi connectivity index (χ4n) is 2.67. The van der Waals surface area contributed by atoms with Gasteiger partial charge in [-0.05, 0) is 40.5 Å². The summed E-state index contributed by atoms with van der Waals surface area (Å²) in [6, 6.07) is 0.307. The Labute approximate surface area is 132 Å². The first kappa shape index (κ1) is 16.8. The van der Waals surface area contributed by atoms with Crippen LogP contribution in [0.5, 0.6) is 0 Å². The third kappa shape index (κ3) is 4.73. The number of aryl methyl sites for hydroxylation is 1. The summed E-state index contributed by atoms with van der Waals surface area (Å²) < 4.78 is 7.58. The minimum atomic E-state index is -0.439. The minimum Gasteiger partial charge on any atom is -0.444 e. The van der Waals surface area contributed by atoms with Crippen molar-refractivity contribution in [2.45, 2.75) is 65.3 Å². The first-order valence-electron chi connectivity index (χ1n) is 8.09. The number of nitrogens with one attached hydrogen (secondary N) is 1. The lowest BCUT2D eigenvalue weighted by Crippen LogP contribution is -2.49. The number of nitrogens with zero attached hydrogens (tertiary/aromatic N) is 3. The lowest BCUT2D eigenvalue weighted by atomic mass is 10.1. The van der Waals surface area contributed by atoms with Gasteiger partial charge in [0.1, 0.15) is 5.60 Å². The quantitative estimate of drug-likeness (QED) is 0.928. The summed E-state index contributed by atoms with van der Waals surface area (Å²) in [6.07, 6.45) is 5.62. The Balaban J connectivity index is 1.84. The van der Waals surface area contributed by atoms with Crippen LogP contribution in [0.1, 0.15) is 46.2 Å². The number of carbonyl (C=O) groups is 1. The molecule has 124 valence electrons. The lowest BCUT2D eigenvalue weighted by molar-refractivity contribution is 0.0187. The normalized spacial score (nSPS) is 19.3. The number of hydrogen-bond donors (Lipinski definition) is 1. The Morgan fingerprint density at radius 3 is 2.95 bits per heavy atom. The van der Waals surface area contributed by atoms with E-state index in [1.165, 1.54) is 5.69 Å². The number of rotatable bonds is 4. The summed E-state index contributed by atoms with van der Waals surface area (Å²) in [5.74, 6) is 0. The summed E-state index contributed by atoms with van der Waals surface area (Å²) >= 11 is 0. The zero-order chi connectivity index (χ0) is 16.2. The second-order valence-electron chi connectivity index (χ2n) is 6.82. The molecule has 1 aliphatic rings. The van der Waals surface area contributed by atoms with Gasteiger partial charge < -0.3 is 19.5 Å². The van der Waals surface area contributed by atoms with Crippen molar-refractivity contribution in [3.05, 3.63) is 18.2 Å². The van der Waals surface area contributed by atoms with E-state index < -0.39 is 5.60 Å². The zero-order valence-electron chi connectivity index (χ0n) is 14.1. The van der Waals surface area contributed by atoms with Gasteiger partial charge >= 0.3 is 6.09 Å². The first-order chi connectivity index (χ1) is 10.4. The number of hydrogen-bond acceptors (Lipinski definition) is 4. The summed E-state index contributed by atoms with van der Waals surface area (Å²) in [6.45, 7) is 11.0. The average Bonchev–Trinajstić information content (AvgIpc) is 2.91. The van der Waals surface area contributed by atoms with Crippen LogP contribution < -0.4 is 5.32 Å². The number of ether oxygens (including phenoxy) is 1. The molecule has 1 unspecified atom stereocenters. The number of piperidine rings is 1. The number of carbonyl (C=O) groups excluding carboxylic acids is 1. The highest BCUT2D eigenvalue weighted by atomic mass is 16.6. The molecule has 1 aliphatic heterocycles. The molecule has 1 saturated heterocycles. The van der Waals surface area contributed by atoms with Gasteiger partial charge in [-0.25, -0.2) is 9.78 Å². The van der Waals surface area contributed by atoms with Crippen molar-refractivity contribution in [3.8, 4) is 0 Å². The smallest absolute Gasteiger partial charge is 0.410 e. The van der Waals surface area contributed by atoms with Gasteiger partial charge in [0.25, 0.3) is 0 Å². The van der Waals surface area contributed by atoms with Gasteiger partial charge in [0, 0.05) is 38.4 Å². The number of aromatic nitrogens is 2. The van der Waals surface area contributed by atoms with Crippen molar-refractivity contribution >= 4 is 6.09 Å². The van der Waals surface area contributed by atoms with Gasteiger partial charge in [-0.1, -0.05) is 0 Å². The Morgan fingerprint density at radius 2 is 2.27 bits per heavy atom. The van der Waals surface area contributed by atoms with Gasteiger partial charge in [-0.15, -0.1) is 0 Å². The van der Waals surface area contributed by atoms with Crippen LogP contribution in [0.15, 0.2) is 12.5 Å². The molecule has 0 aromatic carbocycles. The van der Waals surface area contributed by atoms with Crippen molar-refractivity contribution in [3.63, 3.8) is 0 Å². The first-order valence-corrected chi connectivity index (χ1v) is 8.09. The van der Waals surface area contributed by atoms with Crippen molar-refractivity contribution in [2.75, 3.05) is 13.1 Å². The van der Waals surface area contributed by atoms with E-state index in [4.69, 9.17) is 4.74 Å². The summed E-state index contributed by atoms with van der Waals surface area (Å²) in [5.41, 5.74) is 0.738. The molecule has 1 amide bonds. The number of imidazole rings is 1. The van der Waals surface area contributed by atoms with Crippen molar-refractivity contribution in [1.82, 2.24) is 19.8 Å². The van der Waals surface area contributed by atoms with E-state index in [-0.39, 0.29) is 6.09 Å². The van der Waals surface area contributed by atoms with E-state index >= 15 is 0 Å². The Hall–Kier alpha value is -1.56. The predicted molar refractivity (Wildman–Crippen MR) is 85.6 cm³/mol. The Morgan fingerprint density at radius 1 is 1.50 bits per heavy atom. The SMILES string of the molecule is CCn1cncc1CNC1CCCN(C(=O)OC(C)(C)C)C1. The van der Waals surface area contributed by atoms with Gasteiger partial charge in [0.05, 0.1) is 12.0 Å². The fourth-order valence-corrected chi connectivity index (χ4v) is 2.67. The highest BCUT2D eigenvalue weighted by Gasteiger charge is 2.27. The molecule has 1 N–H and O–H groups in total. The topological polar surface area (TPSA) is 59.4 Å². The average molecular weight is 308 g/mol.